The van der Waals surface area contributed by atoms with Crippen molar-refractivity contribution in [1.29, 1.82) is 0 Å². The summed E-state index contributed by atoms with van der Waals surface area (Å²) in [7, 11) is 0. The first-order valence-electron chi connectivity index (χ1n) is 11.7. The van der Waals surface area contributed by atoms with Crippen molar-refractivity contribution in [3.8, 4) is 0 Å². The number of esters is 1. The zero-order valence-electron chi connectivity index (χ0n) is 18.8. The SMILES string of the molecule is CCOC(=S)S[C@@H]1C[C@@]2(C)[C@@H](CC[C@@H]3[C@@H]2CC[C@]2(C)[C@@H](OC(C)=O)CC[C@@H]32)CC1=O. The van der Waals surface area contributed by atoms with Gasteiger partial charge in [0.2, 0.25) is 4.38 Å². The van der Waals surface area contributed by atoms with Crippen molar-refractivity contribution in [1.82, 2.24) is 0 Å². The van der Waals surface area contributed by atoms with Crippen LogP contribution in [0, 0.1) is 34.5 Å². The number of carbonyl (C=O) groups excluding carboxylic acids is 2. The summed E-state index contributed by atoms with van der Waals surface area (Å²) in [5.41, 5.74) is 0.308. The maximum Gasteiger partial charge on any atom is 0.302 e. The summed E-state index contributed by atoms with van der Waals surface area (Å²) in [5, 5.41) is -0.0604. The smallest absolute Gasteiger partial charge is 0.302 e. The van der Waals surface area contributed by atoms with Gasteiger partial charge in [-0.1, -0.05) is 25.6 Å². The number of hydrogen-bond acceptors (Lipinski definition) is 6. The van der Waals surface area contributed by atoms with Crippen LogP contribution in [0.25, 0.3) is 0 Å². The first-order valence-corrected chi connectivity index (χ1v) is 13.0. The summed E-state index contributed by atoms with van der Waals surface area (Å²) >= 11 is 6.83. The number of fused-ring (bicyclic) bond motifs is 5. The number of thiocarbonyl (C=S) groups is 1. The van der Waals surface area contributed by atoms with Gasteiger partial charge in [-0.2, -0.15) is 0 Å². The Balaban J connectivity index is 1.54. The zero-order chi connectivity index (χ0) is 21.7. The van der Waals surface area contributed by atoms with Gasteiger partial charge in [0.1, 0.15) is 11.9 Å². The van der Waals surface area contributed by atoms with E-state index in [0.717, 1.165) is 25.7 Å². The van der Waals surface area contributed by atoms with Crippen LogP contribution < -0.4 is 0 Å². The van der Waals surface area contributed by atoms with Gasteiger partial charge in [0.25, 0.3) is 0 Å². The van der Waals surface area contributed by atoms with E-state index in [1.54, 1.807) is 0 Å². The molecule has 0 saturated heterocycles. The molecule has 0 radical (unpaired) electrons. The average molecular weight is 453 g/mol. The van der Waals surface area contributed by atoms with Crippen LogP contribution >= 0.6 is 24.0 Å². The second-order valence-electron chi connectivity index (χ2n) is 10.5. The number of thioether (sulfide) groups is 1. The summed E-state index contributed by atoms with van der Waals surface area (Å²) in [6, 6.07) is 0. The Hall–Kier alpha value is -0.620. The van der Waals surface area contributed by atoms with Gasteiger partial charge in [-0.05, 0) is 93.2 Å². The molecular weight excluding hydrogens is 416 g/mol. The third-order valence-corrected chi connectivity index (χ3v) is 10.6. The van der Waals surface area contributed by atoms with Gasteiger partial charge in [0.05, 0.1) is 11.9 Å². The van der Waals surface area contributed by atoms with Crippen LogP contribution in [0.1, 0.15) is 79.1 Å². The Bertz CT molecular complexity index is 724. The van der Waals surface area contributed by atoms with E-state index in [9.17, 15) is 9.59 Å². The average Bonchev–Trinajstić information content (AvgIpc) is 2.99. The molecule has 0 aliphatic heterocycles. The topological polar surface area (TPSA) is 52.6 Å². The number of ketones is 1. The lowest BCUT2D eigenvalue weighted by atomic mass is 9.45. The lowest BCUT2D eigenvalue weighted by molar-refractivity contribution is -0.161. The summed E-state index contributed by atoms with van der Waals surface area (Å²) in [6.07, 6.45) is 8.56. The molecule has 0 amide bonds. The van der Waals surface area contributed by atoms with Gasteiger partial charge in [0, 0.05) is 18.8 Å². The highest BCUT2D eigenvalue weighted by molar-refractivity contribution is 8.23. The van der Waals surface area contributed by atoms with Crippen molar-refractivity contribution in [3.05, 3.63) is 0 Å². The van der Waals surface area contributed by atoms with Gasteiger partial charge in [0.15, 0.2) is 0 Å². The molecule has 0 heterocycles. The summed E-state index contributed by atoms with van der Waals surface area (Å²) in [4.78, 5) is 24.5. The minimum absolute atomic E-state index is 0.0604. The second-order valence-corrected chi connectivity index (χ2v) is 12.3. The molecule has 4 rings (SSSR count). The molecule has 4 saturated carbocycles. The van der Waals surface area contributed by atoms with Crippen molar-refractivity contribution in [3.63, 3.8) is 0 Å². The van der Waals surface area contributed by atoms with E-state index < -0.39 is 0 Å². The predicted octanol–water partition coefficient (Wildman–Crippen LogP) is 5.56. The minimum atomic E-state index is -0.143. The van der Waals surface area contributed by atoms with Gasteiger partial charge >= 0.3 is 5.97 Å². The Morgan fingerprint density at radius 1 is 1.13 bits per heavy atom. The molecule has 4 aliphatic rings. The molecule has 4 nitrogen and oxygen atoms in total. The van der Waals surface area contributed by atoms with E-state index in [2.05, 4.69) is 13.8 Å². The number of ether oxygens (including phenoxy) is 2. The molecular formula is C24H36O4S2. The van der Waals surface area contributed by atoms with E-state index in [1.807, 2.05) is 6.92 Å². The summed E-state index contributed by atoms with van der Waals surface area (Å²) < 4.78 is 11.8. The first-order chi connectivity index (χ1) is 14.2. The van der Waals surface area contributed by atoms with Crippen molar-refractivity contribution >= 4 is 40.1 Å². The molecule has 8 atom stereocenters. The molecule has 6 heteroatoms. The van der Waals surface area contributed by atoms with Gasteiger partial charge < -0.3 is 9.47 Å². The lowest BCUT2D eigenvalue weighted by Gasteiger charge is -2.60. The quantitative estimate of drug-likeness (QED) is 0.413. The highest BCUT2D eigenvalue weighted by atomic mass is 32.2. The molecule has 0 spiro atoms. The van der Waals surface area contributed by atoms with Crippen molar-refractivity contribution < 1.29 is 19.1 Å². The maximum absolute atomic E-state index is 12.9. The standard InChI is InChI=1S/C24H36O4S2/c1-5-27-22(29)30-20-13-24(4)15(12-19(20)26)6-7-16-17-8-9-21(28-14(2)25)23(17,3)11-10-18(16)24/h15-18,20-21H,5-13H2,1-4H3/t15-,16-,17-,18-,20+,21-,23-,24-/m0/s1. The Morgan fingerprint density at radius 2 is 1.87 bits per heavy atom. The van der Waals surface area contributed by atoms with Crippen LogP contribution in [-0.2, 0) is 19.1 Å². The molecule has 0 bridgehead atoms. The van der Waals surface area contributed by atoms with Gasteiger partial charge in [-0.15, -0.1) is 0 Å². The number of rotatable bonds is 3. The minimum Gasteiger partial charge on any atom is -0.479 e. The fourth-order valence-electron chi connectivity index (χ4n) is 7.80. The summed E-state index contributed by atoms with van der Waals surface area (Å²) in [5.74, 6) is 2.69. The Morgan fingerprint density at radius 3 is 2.57 bits per heavy atom. The largest absolute Gasteiger partial charge is 0.479 e. The third kappa shape index (κ3) is 3.74. The molecule has 0 aromatic rings. The molecule has 0 unspecified atom stereocenters. The molecule has 0 aromatic carbocycles. The van der Waals surface area contributed by atoms with Gasteiger partial charge in [-0.3, -0.25) is 9.59 Å². The normalized spacial score (nSPS) is 45.1. The molecule has 4 fully saturated rings. The van der Waals surface area contributed by atoms with E-state index in [4.69, 9.17) is 21.7 Å². The van der Waals surface area contributed by atoms with Crippen LogP contribution in [0.3, 0.4) is 0 Å². The van der Waals surface area contributed by atoms with Crippen LogP contribution in [0.4, 0.5) is 0 Å². The van der Waals surface area contributed by atoms with Crippen LogP contribution in [-0.4, -0.2) is 34.1 Å². The fourth-order valence-corrected chi connectivity index (χ4v) is 9.35. The molecule has 168 valence electrons. The molecule has 4 aliphatic carbocycles. The Labute approximate surface area is 190 Å². The number of hydrogen-bond donors (Lipinski definition) is 0. The van der Waals surface area contributed by atoms with Crippen molar-refractivity contribution in [2.45, 2.75) is 90.4 Å². The molecule has 0 aromatic heterocycles. The maximum atomic E-state index is 12.9. The van der Waals surface area contributed by atoms with E-state index in [-0.39, 0.29) is 28.2 Å². The van der Waals surface area contributed by atoms with Crippen LogP contribution in [0.15, 0.2) is 0 Å². The third-order valence-electron chi connectivity index (χ3n) is 9.22. The van der Waals surface area contributed by atoms with E-state index >= 15 is 0 Å². The monoisotopic (exact) mass is 452 g/mol. The first kappa shape index (κ1) is 22.6. The summed E-state index contributed by atoms with van der Waals surface area (Å²) in [6.45, 7) is 8.85. The highest BCUT2D eigenvalue weighted by Crippen LogP contribution is 2.66. The van der Waals surface area contributed by atoms with E-state index in [1.165, 1.54) is 37.9 Å². The van der Waals surface area contributed by atoms with Crippen molar-refractivity contribution in [2.24, 2.45) is 34.5 Å². The number of carbonyl (C=O) groups is 2. The van der Waals surface area contributed by atoms with Crippen molar-refractivity contribution in [2.75, 3.05) is 6.61 Å². The second kappa shape index (κ2) is 8.38. The molecule has 30 heavy (non-hydrogen) atoms. The van der Waals surface area contributed by atoms with E-state index in [0.29, 0.717) is 46.9 Å². The zero-order valence-corrected chi connectivity index (χ0v) is 20.4. The van der Waals surface area contributed by atoms with Crippen LogP contribution in [0.2, 0.25) is 0 Å². The van der Waals surface area contributed by atoms with Gasteiger partial charge in [-0.25, -0.2) is 0 Å². The highest BCUT2D eigenvalue weighted by Gasteiger charge is 2.62. The fraction of sp³-hybridized carbons (Fsp3) is 0.875. The lowest BCUT2D eigenvalue weighted by Crippen LogP contribution is -2.56. The number of Topliss-reactive ketones (excluding diaryl/α,β-unsaturated/α-hetero) is 1. The van der Waals surface area contributed by atoms with Crippen LogP contribution in [0.5, 0.6) is 0 Å². The predicted molar refractivity (Wildman–Crippen MR) is 123 cm³/mol. The Kier molecular flexibility index (Phi) is 6.31. The molecule has 0 N–H and O–H groups in total.